The zero-order chi connectivity index (χ0) is 14.0. The van der Waals surface area contributed by atoms with Crippen molar-refractivity contribution in [1.29, 1.82) is 0 Å². The average molecular weight is 324 g/mol. The Hall–Kier alpha value is -1.39. The molecule has 0 aromatic heterocycles. The van der Waals surface area contributed by atoms with E-state index in [9.17, 15) is 4.39 Å². The van der Waals surface area contributed by atoms with E-state index in [1.807, 2.05) is 26.0 Å². The summed E-state index contributed by atoms with van der Waals surface area (Å²) in [6.07, 6.45) is 0. The Morgan fingerprint density at radius 2 is 1.84 bits per heavy atom. The molecule has 2 N–H and O–H groups in total. The van der Waals surface area contributed by atoms with Crippen LogP contribution in [0.15, 0.2) is 40.9 Å². The average Bonchev–Trinajstić information content (AvgIpc) is 2.34. The van der Waals surface area contributed by atoms with Crippen molar-refractivity contribution >= 4 is 15.9 Å². The van der Waals surface area contributed by atoms with Gasteiger partial charge in [0.25, 0.3) is 0 Å². The van der Waals surface area contributed by atoms with E-state index < -0.39 is 5.82 Å². The smallest absolute Gasteiger partial charge is 0.166 e. The largest absolute Gasteiger partial charge is 0.454 e. The summed E-state index contributed by atoms with van der Waals surface area (Å²) in [4.78, 5) is 0. The minimum Gasteiger partial charge on any atom is -0.454 e. The van der Waals surface area contributed by atoms with Crippen LogP contribution < -0.4 is 10.5 Å². The highest BCUT2D eigenvalue weighted by atomic mass is 79.9. The molecule has 100 valence electrons. The van der Waals surface area contributed by atoms with Crippen molar-refractivity contribution in [3.8, 4) is 11.5 Å². The van der Waals surface area contributed by atoms with E-state index in [-0.39, 0.29) is 11.8 Å². The van der Waals surface area contributed by atoms with Crippen LogP contribution in [0, 0.1) is 12.7 Å². The van der Waals surface area contributed by atoms with Gasteiger partial charge in [0.2, 0.25) is 0 Å². The molecule has 0 aliphatic heterocycles. The van der Waals surface area contributed by atoms with E-state index in [0.717, 1.165) is 15.6 Å². The molecule has 2 nitrogen and oxygen atoms in total. The standard InChI is InChI=1S/C15H15BrFNO/c1-9-7-12(16)4-6-14(9)19-15-5-3-11(10(2)18)8-13(15)17/h3-8,10H,18H2,1-2H3. The Morgan fingerprint density at radius 3 is 2.42 bits per heavy atom. The number of ether oxygens (including phenoxy) is 1. The number of nitrogens with two attached hydrogens (primary N) is 1. The van der Waals surface area contributed by atoms with Gasteiger partial charge in [0.05, 0.1) is 0 Å². The first-order chi connectivity index (χ1) is 8.97. The summed E-state index contributed by atoms with van der Waals surface area (Å²) in [6.45, 7) is 3.72. The lowest BCUT2D eigenvalue weighted by Gasteiger charge is -2.12. The number of aryl methyl sites for hydroxylation is 1. The van der Waals surface area contributed by atoms with Crippen LogP contribution in [0.1, 0.15) is 24.1 Å². The van der Waals surface area contributed by atoms with E-state index in [2.05, 4.69) is 15.9 Å². The van der Waals surface area contributed by atoms with Gasteiger partial charge in [-0.05, 0) is 55.3 Å². The maximum Gasteiger partial charge on any atom is 0.166 e. The van der Waals surface area contributed by atoms with Crippen molar-refractivity contribution in [3.63, 3.8) is 0 Å². The molecule has 0 heterocycles. The number of hydrogen-bond donors (Lipinski definition) is 1. The molecule has 0 saturated heterocycles. The van der Waals surface area contributed by atoms with E-state index in [4.69, 9.17) is 10.5 Å². The van der Waals surface area contributed by atoms with Crippen molar-refractivity contribution in [1.82, 2.24) is 0 Å². The van der Waals surface area contributed by atoms with Crippen LogP contribution in [0.25, 0.3) is 0 Å². The van der Waals surface area contributed by atoms with E-state index in [0.29, 0.717) is 5.75 Å². The molecule has 0 fully saturated rings. The van der Waals surface area contributed by atoms with Gasteiger partial charge in [0, 0.05) is 10.5 Å². The molecule has 0 radical (unpaired) electrons. The van der Waals surface area contributed by atoms with Crippen molar-refractivity contribution in [2.24, 2.45) is 5.73 Å². The molecule has 2 rings (SSSR count). The molecule has 4 heteroatoms. The minimum absolute atomic E-state index is 0.196. The predicted octanol–water partition coefficient (Wildman–Crippen LogP) is 4.71. The lowest BCUT2D eigenvalue weighted by atomic mass is 10.1. The second kappa shape index (κ2) is 5.72. The predicted molar refractivity (Wildman–Crippen MR) is 78.0 cm³/mol. The van der Waals surface area contributed by atoms with Gasteiger partial charge < -0.3 is 10.5 Å². The summed E-state index contributed by atoms with van der Waals surface area (Å²) in [5.74, 6) is 0.433. The number of benzene rings is 2. The molecule has 0 amide bonds. The quantitative estimate of drug-likeness (QED) is 0.887. The van der Waals surface area contributed by atoms with Gasteiger partial charge in [0.15, 0.2) is 11.6 Å². The lowest BCUT2D eigenvalue weighted by molar-refractivity contribution is 0.438. The monoisotopic (exact) mass is 323 g/mol. The topological polar surface area (TPSA) is 35.2 Å². The van der Waals surface area contributed by atoms with Crippen LogP contribution in [-0.2, 0) is 0 Å². The molecule has 0 aliphatic rings. The first-order valence-corrected chi connectivity index (χ1v) is 6.75. The van der Waals surface area contributed by atoms with Crippen molar-refractivity contribution in [2.45, 2.75) is 19.9 Å². The molecule has 19 heavy (non-hydrogen) atoms. The molecular formula is C15H15BrFNO. The zero-order valence-corrected chi connectivity index (χ0v) is 12.4. The molecule has 1 atom stereocenters. The first-order valence-electron chi connectivity index (χ1n) is 5.96. The fraction of sp³-hybridized carbons (Fsp3) is 0.200. The Labute approximate surface area is 120 Å². The molecule has 1 unspecified atom stereocenters. The van der Waals surface area contributed by atoms with Crippen LogP contribution in [0.5, 0.6) is 11.5 Å². The lowest BCUT2D eigenvalue weighted by Crippen LogP contribution is -2.05. The molecule has 2 aromatic rings. The summed E-state index contributed by atoms with van der Waals surface area (Å²) >= 11 is 3.38. The van der Waals surface area contributed by atoms with Gasteiger partial charge in [-0.15, -0.1) is 0 Å². The van der Waals surface area contributed by atoms with Crippen molar-refractivity contribution in [3.05, 3.63) is 57.8 Å². The van der Waals surface area contributed by atoms with Crippen LogP contribution in [-0.4, -0.2) is 0 Å². The zero-order valence-electron chi connectivity index (χ0n) is 10.8. The Morgan fingerprint density at radius 1 is 1.16 bits per heavy atom. The second-order valence-corrected chi connectivity index (χ2v) is 5.41. The third kappa shape index (κ3) is 3.33. The summed E-state index contributed by atoms with van der Waals surface area (Å²) in [5.41, 5.74) is 7.40. The van der Waals surface area contributed by atoms with Gasteiger partial charge in [0.1, 0.15) is 5.75 Å². The summed E-state index contributed by atoms with van der Waals surface area (Å²) in [5, 5.41) is 0. The van der Waals surface area contributed by atoms with Crippen molar-refractivity contribution in [2.75, 3.05) is 0 Å². The number of halogens is 2. The Balaban J connectivity index is 2.28. The second-order valence-electron chi connectivity index (χ2n) is 4.49. The first kappa shape index (κ1) is 14.0. The van der Waals surface area contributed by atoms with E-state index in [1.54, 1.807) is 18.2 Å². The normalized spacial score (nSPS) is 12.3. The van der Waals surface area contributed by atoms with Gasteiger partial charge in [-0.1, -0.05) is 22.0 Å². The van der Waals surface area contributed by atoms with Gasteiger partial charge in [-0.25, -0.2) is 4.39 Å². The maximum absolute atomic E-state index is 13.9. The highest BCUT2D eigenvalue weighted by Gasteiger charge is 2.09. The Kier molecular flexibility index (Phi) is 4.22. The fourth-order valence-electron chi connectivity index (χ4n) is 1.73. The van der Waals surface area contributed by atoms with Crippen molar-refractivity contribution < 1.29 is 9.13 Å². The fourth-order valence-corrected chi connectivity index (χ4v) is 2.20. The van der Waals surface area contributed by atoms with Crippen LogP contribution in [0.4, 0.5) is 4.39 Å². The maximum atomic E-state index is 13.9. The summed E-state index contributed by atoms with van der Waals surface area (Å²) in [6, 6.07) is 10.2. The van der Waals surface area contributed by atoms with Crippen LogP contribution >= 0.6 is 15.9 Å². The molecular weight excluding hydrogens is 309 g/mol. The van der Waals surface area contributed by atoms with E-state index in [1.165, 1.54) is 6.07 Å². The molecule has 0 saturated carbocycles. The van der Waals surface area contributed by atoms with E-state index >= 15 is 0 Å². The highest BCUT2D eigenvalue weighted by Crippen LogP contribution is 2.30. The SMILES string of the molecule is Cc1cc(Br)ccc1Oc1ccc(C(C)N)cc1F. The Bertz CT molecular complexity index is 599. The number of hydrogen-bond acceptors (Lipinski definition) is 2. The van der Waals surface area contributed by atoms with Gasteiger partial charge in [-0.2, -0.15) is 0 Å². The summed E-state index contributed by atoms with van der Waals surface area (Å²) in [7, 11) is 0. The van der Waals surface area contributed by atoms with Crippen LogP contribution in [0.2, 0.25) is 0 Å². The third-order valence-corrected chi connectivity index (χ3v) is 3.33. The highest BCUT2D eigenvalue weighted by molar-refractivity contribution is 9.10. The molecule has 0 aliphatic carbocycles. The molecule has 2 aromatic carbocycles. The third-order valence-electron chi connectivity index (χ3n) is 2.84. The van der Waals surface area contributed by atoms with Gasteiger partial charge in [-0.3, -0.25) is 0 Å². The van der Waals surface area contributed by atoms with Gasteiger partial charge >= 0.3 is 0 Å². The summed E-state index contributed by atoms with van der Waals surface area (Å²) < 4.78 is 20.5. The molecule has 0 spiro atoms. The minimum atomic E-state index is -0.405. The van der Waals surface area contributed by atoms with Crippen LogP contribution in [0.3, 0.4) is 0 Å². The molecule has 0 bridgehead atoms. The number of rotatable bonds is 3.